The maximum atomic E-state index is 11.6. The number of aldehydes is 1. The van der Waals surface area contributed by atoms with Gasteiger partial charge in [-0.1, -0.05) is 56.2 Å². The Morgan fingerprint density at radius 3 is 2.45 bits per heavy atom. The Morgan fingerprint density at radius 1 is 1.18 bits per heavy atom. The molecule has 1 aliphatic rings. The van der Waals surface area contributed by atoms with E-state index in [-0.39, 0.29) is 0 Å². The van der Waals surface area contributed by atoms with E-state index in [1.54, 1.807) is 0 Å². The van der Waals surface area contributed by atoms with Crippen molar-refractivity contribution in [1.82, 2.24) is 4.90 Å². The van der Waals surface area contributed by atoms with Crippen LogP contribution in [0.4, 0.5) is 0 Å². The van der Waals surface area contributed by atoms with Crippen molar-refractivity contribution < 1.29 is 4.79 Å². The first-order chi connectivity index (χ1) is 10.6. The van der Waals surface area contributed by atoms with Crippen LogP contribution in [0, 0.1) is 12.8 Å². The van der Waals surface area contributed by atoms with E-state index in [0.717, 1.165) is 31.4 Å². The standard InChI is InChI=1S/C20H27NO/c1-5-6-7-20-17(4)16(3)12-19(14-22)21(20)13-18-10-8-15(2)9-11-18/h8-12,14,16H,5-7,13H2,1-4H3. The van der Waals surface area contributed by atoms with Crippen molar-refractivity contribution in [2.75, 3.05) is 0 Å². The van der Waals surface area contributed by atoms with E-state index >= 15 is 0 Å². The number of allylic oxidation sites excluding steroid dienone is 4. The number of carbonyl (C=O) groups is 1. The average molecular weight is 297 g/mol. The molecule has 0 radical (unpaired) electrons. The lowest BCUT2D eigenvalue weighted by atomic mass is 9.92. The molecular formula is C20H27NO. The van der Waals surface area contributed by atoms with Crippen molar-refractivity contribution in [3.05, 3.63) is 58.4 Å². The maximum absolute atomic E-state index is 11.6. The van der Waals surface area contributed by atoms with Crippen LogP contribution < -0.4 is 0 Å². The van der Waals surface area contributed by atoms with Crippen molar-refractivity contribution in [1.29, 1.82) is 0 Å². The molecule has 118 valence electrons. The van der Waals surface area contributed by atoms with Gasteiger partial charge in [-0.25, -0.2) is 0 Å². The lowest BCUT2D eigenvalue weighted by Crippen LogP contribution is -2.28. The van der Waals surface area contributed by atoms with E-state index < -0.39 is 0 Å². The molecule has 1 aromatic rings. The molecule has 1 heterocycles. The molecule has 1 aliphatic heterocycles. The minimum Gasteiger partial charge on any atom is -0.338 e. The van der Waals surface area contributed by atoms with Gasteiger partial charge in [-0.05, 0) is 43.7 Å². The van der Waals surface area contributed by atoms with Crippen LogP contribution in [0.15, 0.2) is 47.3 Å². The normalized spacial score (nSPS) is 18.5. The fourth-order valence-electron chi connectivity index (χ4n) is 2.94. The van der Waals surface area contributed by atoms with Crippen LogP contribution in [0.3, 0.4) is 0 Å². The second-order valence-corrected chi connectivity index (χ2v) is 6.30. The number of carbonyl (C=O) groups excluding carboxylic acids is 1. The Hall–Kier alpha value is -1.83. The SMILES string of the molecule is CCCCC1=C(C)C(C)C=C(C=O)N1Cc1ccc(C)cc1. The smallest absolute Gasteiger partial charge is 0.166 e. The predicted octanol–water partition coefficient (Wildman–Crippen LogP) is 4.99. The molecule has 22 heavy (non-hydrogen) atoms. The maximum Gasteiger partial charge on any atom is 0.166 e. The van der Waals surface area contributed by atoms with Gasteiger partial charge in [-0.15, -0.1) is 0 Å². The summed E-state index contributed by atoms with van der Waals surface area (Å²) in [5, 5.41) is 0. The Kier molecular flexibility index (Phi) is 5.59. The van der Waals surface area contributed by atoms with Gasteiger partial charge in [0.1, 0.15) is 0 Å². The summed E-state index contributed by atoms with van der Waals surface area (Å²) < 4.78 is 0. The molecule has 0 saturated carbocycles. The van der Waals surface area contributed by atoms with E-state index in [2.05, 4.69) is 62.9 Å². The van der Waals surface area contributed by atoms with Crippen molar-refractivity contribution in [3.8, 4) is 0 Å². The van der Waals surface area contributed by atoms with Crippen LogP contribution in [0.25, 0.3) is 0 Å². The molecule has 2 rings (SSSR count). The molecule has 0 saturated heterocycles. The first-order valence-electron chi connectivity index (χ1n) is 8.26. The van der Waals surface area contributed by atoms with Gasteiger partial charge < -0.3 is 4.90 Å². The fourth-order valence-corrected chi connectivity index (χ4v) is 2.94. The van der Waals surface area contributed by atoms with Crippen LogP contribution in [-0.4, -0.2) is 11.2 Å². The van der Waals surface area contributed by atoms with Gasteiger partial charge in [-0.2, -0.15) is 0 Å². The number of aryl methyl sites for hydroxylation is 1. The van der Waals surface area contributed by atoms with Gasteiger partial charge >= 0.3 is 0 Å². The molecule has 0 spiro atoms. The van der Waals surface area contributed by atoms with Crippen molar-refractivity contribution in [3.63, 3.8) is 0 Å². The number of nitrogens with zero attached hydrogens (tertiary/aromatic N) is 1. The molecule has 0 bridgehead atoms. The highest BCUT2D eigenvalue weighted by molar-refractivity contribution is 5.74. The number of hydrogen-bond donors (Lipinski definition) is 0. The highest BCUT2D eigenvalue weighted by Crippen LogP contribution is 2.32. The lowest BCUT2D eigenvalue weighted by molar-refractivity contribution is -0.106. The summed E-state index contributed by atoms with van der Waals surface area (Å²) in [6, 6.07) is 8.58. The van der Waals surface area contributed by atoms with Gasteiger partial charge in [0.15, 0.2) is 6.29 Å². The molecule has 1 atom stereocenters. The van der Waals surface area contributed by atoms with E-state index in [9.17, 15) is 4.79 Å². The van der Waals surface area contributed by atoms with Gasteiger partial charge in [-0.3, -0.25) is 4.79 Å². The molecular weight excluding hydrogens is 270 g/mol. The van der Waals surface area contributed by atoms with Crippen LogP contribution >= 0.6 is 0 Å². The molecule has 2 nitrogen and oxygen atoms in total. The summed E-state index contributed by atoms with van der Waals surface area (Å²) in [5.41, 5.74) is 6.05. The van der Waals surface area contributed by atoms with Gasteiger partial charge in [0.2, 0.25) is 0 Å². The Balaban J connectivity index is 2.31. The zero-order valence-corrected chi connectivity index (χ0v) is 14.2. The highest BCUT2D eigenvalue weighted by Gasteiger charge is 2.23. The highest BCUT2D eigenvalue weighted by atomic mass is 16.1. The van der Waals surface area contributed by atoms with Crippen molar-refractivity contribution in [2.45, 2.75) is 53.5 Å². The predicted molar refractivity (Wildman–Crippen MR) is 92.3 cm³/mol. The quantitative estimate of drug-likeness (QED) is 0.689. The third-order valence-corrected chi connectivity index (χ3v) is 4.55. The van der Waals surface area contributed by atoms with E-state index in [1.165, 1.54) is 28.8 Å². The van der Waals surface area contributed by atoms with Gasteiger partial charge in [0.05, 0.1) is 5.70 Å². The first-order valence-corrected chi connectivity index (χ1v) is 8.26. The molecule has 0 fully saturated rings. The summed E-state index contributed by atoms with van der Waals surface area (Å²) in [5.74, 6) is 0.348. The Bertz CT molecular complexity index is 580. The van der Waals surface area contributed by atoms with Crippen LogP contribution in [-0.2, 0) is 11.3 Å². The number of unbranched alkanes of at least 4 members (excludes halogenated alkanes) is 1. The summed E-state index contributed by atoms with van der Waals surface area (Å²) in [4.78, 5) is 13.8. The molecule has 1 aromatic carbocycles. The second kappa shape index (κ2) is 7.44. The topological polar surface area (TPSA) is 20.3 Å². The molecule has 1 unspecified atom stereocenters. The third-order valence-electron chi connectivity index (χ3n) is 4.55. The van der Waals surface area contributed by atoms with Gasteiger partial charge in [0, 0.05) is 12.2 Å². The van der Waals surface area contributed by atoms with E-state index in [0.29, 0.717) is 5.92 Å². The van der Waals surface area contributed by atoms with Gasteiger partial charge in [0.25, 0.3) is 0 Å². The summed E-state index contributed by atoms with van der Waals surface area (Å²) in [7, 11) is 0. The lowest BCUT2D eigenvalue weighted by Gasteiger charge is -2.35. The average Bonchev–Trinajstić information content (AvgIpc) is 2.52. The molecule has 2 heteroatoms. The van der Waals surface area contributed by atoms with E-state index in [4.69, 9.17) is 0 Å². The van der Waals surface area contributed by atoms with Crippen LogP contribution in [0.2, 0.25) is 0 Å². The summed E-state index contributed by atoms with van der Waals surface area (Å²) in [6.07, 6.45) is 6.47. The molecule has 0 aliphatic carbocycles. The fraction of sp³-hybridized carbons (Fsp3) is 0.450. The minimum atomic E-state index is 0.348. The van der Waals surface area contributed by atoms with E-state index in [1.807, 2.05) is 0 Å². The number of benzene rings is 1. The summed E-state index contributed by atoms with van der Waals surface area (Å²) >= 11 is 0. The largest absolute Gasteiger partial charge is 0.338 e. The second-order valence-electron chi connectivity index (χ2n) is 6.30. The third kappa shape index (κ3) is 3.68. The van der Waals surface area contributed by atoms with Crippen LogP contribution in [0.5, 0.6) is 0 Å². The number of rotatable bonds is 6. The minimum absolute atomic E-state index is 0.348. The Labute approximate surface area is 134 Å². The zero-order valence-electron chi connectivity index (χ0n) is 14.2. The van der Waals surface area contributed by atoms with Crippen LogP contribution in [0.1, 0.15) is 51.2 Å². The Morgan fingerprint density at radius 2 is 1.86 bits per heavy atom. The number of hydrogen-bond acceptors (Lipinski definition) is 2. The molecule has 0 amide bonds. The van der Waals surface area contributed by atoms with Crippen molar-refractivity contribution in [2.24, 2.45) is 5.92 Å². The zero-order chi connectivity index (χ0) is 16.1. The monoisotopic (exact) mass is 297 g/mol. The van der Waals surface area contributed by atoms with Crippen molar-refractivity contribution >= 4 is 6.29 Å². The summed E-state index contributed by atoms with van der Waals surface area (Å²) in [6.45, 7) is 9.46. The molecule has 0 N–H and O–H groups in total. The first kappa shape index (κ1) is 16.5. The molecule has 0 aromatic heterocycles.